The normalized spacial score (nSPS) is 11.5. The molecule has 0 aliphatic rings. The maximum Gasteiger partial charge on any atom is 0.183 e. The zero-order chi connectivity index (χ0) is 17.2. The van der Waals surface area contributed by atoms with Gasteiger partial charge in [0.2, 0.25) is 0 Å². The Morgan fingerprint density at radius 1 is 0.500 bits per heavy atom. The van der Waals surface area contributed by atoms with Crippen LogP contribution in [0.4, 0.5) is 0 Å². The van der Waals surface area contributed by atoms with Crippen molar-refractivity contribution in [3.63, 3.8) is 0 Å². The average molecular weight is 412 g/mol. The Labute approximate surface area is 160 Å². The first kappa shape index (κ1) is 26.5. The Balaban J connectivity index is 0. The molecule has 0 amide bonds. The summed E-state index contributed by atoms with van der Waals surface area (Å²) in [6.45, 7) is 2.35. The second-order valence-corrected chi connectivity index (χ2v) is 7.09. The maximum atomic E-state index is 9.23. The largest absolute Gasteiger partial charge is 1.00 e. The molecular formula is C19H42BrNO3. The van der Waals surface area contributed by atoms with Gasteiger partial charge in [0.25, 0.3) is 0 Å². The van der Waals surface area contributed by atoms with Crippen LogP contribution in [0.25, 0.3) is 0 Å². The van der Waals surface area contributed by atoms with Gasteiger partial charge in [-0.2, -0.15) is 0 Å². The average Bonchev–Trinajstić information content (AvgIpc) is 2.59. The Bertz CT molecular complexity index is 230. The molecule has 148 valence electrons. The highest BCUT2D eigenvalue weighted by molar-refractivity contribution is 4.49. The van der Waals surface area contributed by atoms with Gasteiger partial charge in [-0.15, -0.1) is 0 Å². The highest BCUT2D eigenvalue weighted by Crippen LogP contribution is 2.14. The second kappa shape index (κ2) is 19.6. The molecule has 0 aliphatic carbocycles. The van der Waals surface area contributed by atoms with Gasteiger partial charge in [0.05, 0.1) is 6.54 Å². The number of aliphatic hydroxyl groups excluding tert-OH is 3. The summed E-state index contributed by atoms with van der Waals surface area (Å²) in [7, 11) is 0. The molecule has 0 aromatic carbocycles. The van der Waals surface area contributed by atoms with E-state index in [1.807, 2.05) is 0 Å². The molecule has 0 fully saturated rings. The topological polar surface area (TPSA) is 60.7 Å². The Morgan fingerprint density at radius 3 is 1.08 bits per heavy atom. The smallest absolute Gasteiger partial charge is 0.183 e. The van der Waals surface area contributed by atoms with E-state index in [1.165, 1.54) is 77.0 Å². The number of nitrogens with zero attached hydrogens (tertiary/aromatic N) is 1. The highest BCUT2D eigenvalue weighted by atomic mass is 79.9. The van der Waals surface area contributed by atoms with E-state index in [1.54, 1.807) is 0 Å². The monoisotopic (exact) mass is 411 g/mol. The van der Waals surface area contributed by atoms with Crippen molar-refractivity contribution in [2.75, 3.05) is 26.7 Å². The third-order valence-electron chi connectivity index (χ3n) is 4.89. The number of quaternary nitrogens is 1. The molecule has 0 heterocycles. The molecule has 0 aromatic rings. The van der Waals surface area contributed by atoms with Crippen molar-refractivity contribution in [1.82, 2.24) is 0 Å². The van der Waals surface area contributed by atoms with E-state index in [-0.39, 0.29) is 41.7 Å². The molecule has 3 N–H and O–H groups in total. The lowest BCUT2D eigenvalue weighted by atomic mass is 10.0. The third kappa shape index (κ3) is 14.6. The summed E-state index contributed by atoms with van der Waals surface area (Å²) in [4.78, 5) is 0. The minimum atomic E-state index is -0.189. The molecule has 0 atom stereocenters. The zero-order valence-electron chi connectivity index (χ0n) is 15.9. The lowest BCUT2D eigenvalue weighted by molar-refractivity contribution is -0.976. The van der Waals surface area contributed by atoms with E-state index >= 15 is 0 Å². The van der Waals surface area contributed by atoms with Crippen LogP contribution < -0.4 is 17.0 Å². The first-order valence-electron chi connectivity index (χ1n) is 9.92. The molecule has 0 saturated carbocycles. The molecular weight excluding hydrogens is 370 g/mol. The molecule has 0 aromatic heterocycles. The predicted octanol–water partition coefficient (Wildman–Crippen LogP) is 1.14. The van der Waals surface area contributed by atoms with Crippen LogP contribution >= 0.6 is 0 Å². The highest BCUT2D eigenvalue weighted by Gasteiger charge is 2.23. The van der Waals surface area contributed by atoms with Crippen LogP contribution in [-0.2, 0) is 0 Å². The SMILES string of the molecule is CCCCCCCCCCCCCCCC[N+](CO)(CO)CO.[Br-]. The summed E-state index contributed by atoms with van der Waals surface area (Å²) in [5, 5.41) is 27.7. The van der Waals surface area contributed by atoms with Crippen molar-refractivity contribution in [3.8, 4) is 0 Å². The number of hydrogen-bond acceptors (Lipinski definition) is 3. The standard InChI is InChI=1S/C19H42NO3.BrH/c1-2-3-4-5-6-7-8-9-10-11-12-13-14-15-16-20(17-21,18-22)19-23;/h21-23H,2-19H2,1H3;1H/q+1;/p-1. The zero-order valence-corrected chi connectivity index (χ0v) is 17.5. The van der Waals surface area contributed by atoms with Gasteiger partial charge in [-0.25, -0.2) is 0 Å². The van der Waals surface area contributed by atoms with Crippen molar-refractivity contribution in [2.24, 2.45) is 0 Å². The fourth-order valence-electron chi connectivity index (χ4n) is 2.99. The summed E-state index contributed by atoms with van der Waals surface area (Å²) in [5.41, 5.74) is 0. The number of aliphatic hydroxyl groups is 3. The van der Waals surface area contributed by atoms with E-state index in [0.717, 1.165) is 12.8 Å². The summed E-state index contributed by atoms with van der Waals surface area (Å²) < 4.78 is -0.00173. The lowest BCUT2D eigenvalue weighted by Crippen LogP contribution is -3.00. The minimum Gasteiger partial charge on any atom is -1.00 e. The van der Waals surface area contributed by atoms with Gasteiger partial charge in [-0.1, -0.05) is 84.0 Å². The molecule has 0 unspecified atom stereocenters. The number of unbranched alkanes of at least 4 members (excludes halogenated alkanes) is 13. The molecule has 5 heteroatoms. The third-order valence-corrected chi connectivity index (χ3v) is 4.89. The lowest BCUT2D eigenvalue weighted by Gasteiger charge is -2.31. The fraction of sp³-hybridized carbons (Fsp3) is 1.00. The van der Waals surface area contributed by atoms with Gasteiger partial charge in [-0.05, 0) is 12.8 Å². The molecule has 0 spiro atoms. The first-order valence-corrected chi connectivity index (χ1v) is 9.92. The van der Waals surface area contributed by atoms with E-state index in [2.05, 4.69) is 6.92 Å². The van der Waals surface area contributed by atoms with Crippen molar-refractivity contribution in [3.05, 3.63) is 0 Å². The van der Waals surface area contributed by atoms with Crippen LogP contribution in [0.1, 0.15) is 96.8 Å². The molecule has 24 heavy (non-hydrogen) atoms. The van der Waals surface area contributed by atoms with Crippen LogP contribution in [0.15, 0.2) is 0 Å². The molecule has 0 radical (unpaired) electrons. The number of halogens is 1. The Kier molecular flexibility index (Phi) is 21.7. The predicted molar refractivity (Wildman–Crippen MR) is 96.7 cm³/mol. The van der Waals surface area contributed by atoms with Crippen molar-refractivity contribution in [2.45, 2.75) is 96.8 Å². The van der Waals surface area contributed by atoms with Crippen molar-refractivity contribution < 1.29 is 36.8 Å². The maximum absolute atomic E-state index is 9.23. The number of rotatable bonds is 18. The summed E-state index contributed by atoms with van der Waals surface area (Å²) in [6.07, 6.45) is 18.5. The van der Waals surface area contributed by atoms with Crippen molar-refractivity contribution in [1.29, 1.82) is 0 Å². The molecule has 0 rings (SSSR count). The van der Waals surface area contributed by atoms with Gasteiger partial charge < -0.3 is 32.3 Å². The van der Waals surface area contributed by atoms with E-state index in [9.17, 15) is 15.3 Å². The minimum absolute atomic E-state index is 0. The van der Waals surface area contributed by atoms with Gasteiger partial charge in [-0.3, -0.25) is 4.48 Å². The van der Waals surface area contributed by atoms with E-state index in [0.29, 0.717) is 6.54 Å². The van der Waals surface area contributed by atoms with Gasteiger partial charge in [0.1, 0.15) is 0 Å². The van der Waals surface area contributed by atoms with E-state index < -0.39 is 0 Å². The molecule has 0 aliphatic heterocycles. The van der Waals surface area contributed by atoms with Crippen LogP contribution in [0.2, 0.25) is 0 Å². The molecule has 4 nitrogen and oxygen atoms in total. The second-order valence-electron chi connectivity index (χ2n) is 7.09. The van der Waals surface area contributed by atoms with Gasteiger partial charge in [0, 0.05) is 0 Å². The van der Waals surface area contributed by atoms with Crippen LogP contribution in [0.5, 0.6) is 0 Å². The Morgan fingerprint density at radius 2 is 0.792 bits per heavy atom. The number of hydrogen-bond donors (Lipinski definition) is 3. The summed E-state index contributed by atoms with van der Waals surface area (Å²) >= 11 is 0. The van der Waals surface area contributed by atoms with E-state index in [4.69, 9.17) is 0 Å². The molecule has 0 saturated heterocycles. The summed E-state index contributed by atoms with van der Waals surface area (Å²) in [6, 6.07) is 0. The Hall–Kier alpha value is 0.320. The summed E-state index contributed by atoms with van der Waals surface area (Å²) in [5.74, 6) is 0. The first-order chi connectivity index (χ1) is 11.2. The fourth-order valence-corrected chi connectivity index (χ4v) is 2.99. The quantitative estimate of drug-likeness (QED) is 0.180. The van der Waals surface area contributed by atoms with Crippen molar-refractivity contribution >= 4 is 0 Å². The van der Waals surface area contributed by atoms with Crippen LogP contribution in [0.3, 0.4) is 0 Å². The molecule has 0 bridgehead atoms. The van der Waals surface area contributed by atoms with Crippen LogP contribution in [-0.4, -0.2) is 46.5 Å². The van der Waals surface area contributed by atoms with Crippen LogP contribution in [0, 0.1) is 0 Å². The van der Waals surface area contributed by atoms with Gasteiger partial charge in [0.15, 0.2) is 20.2 Å². The van der Waals surface area contributed by atoms with Gasteiger partial charge >= 0.3 is 0 Å².